The minimum Gasteiger partial charge on any atom is -0.253 e. The Hall–Kier alpha value is -1.03. The number of hydrogen-bond acceptors (Lipinski definition) is 3. The highest BCUT2D eigenvalue weighted by Gasteiger charge is 1.98. The summed E-state index contributed by atoms with van der Waals surface area (Å²) in [5.74, 6) is 0. The second-order valence-electron chi connectivity index (χ2n) is 2.06. The molecular weight excluding hydrogens is 206 g/mol. The zero-order valence-electron chi connectivity index (χ0n) is 5.53. The molecule has 2 rings (SSSR count). The van der Waals surface area contributed by atoms with Gasteiger partial charge in [0, 0.05) is 6.20 Å². The van der Waals surface area contributed by atoms with Gasteiger partial charge in [0.2, 0.25) is 0 Å². The van der Waals surface area contributed by atoms with Crippen molar-refractivity contribution in [2.75, 3.05) is 0 Å². The minimum atomic E-state index is 0.807. The van der Waals surface area contributed by atoms with Gasteiger partial charge in [-0.15, -0.1) is 5.10 Å². The van der Waals surface area contributed by atoms with Crippen molar-refractivity contribution < 1.29 is 0 Å². The van der Waals surface area contributed by atoms with Crippen molar-refractivity contribution in [1.82, 2.24) is 15.2 Å². The predicted molar refractivity (Wildman–Crippen MR) is 45.0 cm³/mol. The number of nitrogens with zero attached hydrogens (tertiary/aromatic N) is 3. The maximum absolute atomic E-state index is 4.13. The maximum Gasteiger partial charge on any atom is 0.113 e. The van der Waals surface area contributed by atoms with Crippen molar-refractivity contribution in [3.63, 3.8) is 0 Å². The second-order valence-corrected chi connectivity index (χ2v) is 2.92. The number of halogens is 1. The summed E-state index contributed by atoms with van der Waals surface area (Å²) in [6.07, 6.45) is 3.37. The largest absolute Gasteiger partial charge is 0.253 e. The summed E-state index contributed by atoms with van der Waals surface area (Å²) in [6.45, 7) is 0. The number of fused-ring (bicyclic) bond motifs is 1. The van der Waals surface area contributed by atoms with Crippen LogP contribution in [-0.2, 0) is 0 Å². The molecule has 54 valence electrons. The van der Waals surface area contributed by atoms with Crippen LogP contribution >= 0.6 is 15.9 Å². The van der Waals surface area contributed by atoms with E-state index in [-0.39, 0.29) is 0 Å². The molecule has 4 heteroatoms. The zero-order valence-corrected chi connectivity index (χ0v) is 7.12. The molecule has 0 aliphatic heterocycles. The number of rotatable bonds is 0. The van der Waals surface area contributed by atoms with E-state index in [1.807, 2.05) is 12.1 Å². The molecule has 0 atom stereocenters. The molecule has 2 aromatic rings. The van der Waals surface area contributed by atoms with Crippen molar-refractivity contribution in [3.8, 4) is 0 Å². The van der Waals surface area contributed by atoms with Crippen LogP contribution in [0.2, 0.25) is 0 Å². The molecule has 0 aromatic carbocycles. The highest BCUT2D eigenvalue weighted by Crippen LogP contribution is 2.16. The van der Waals surface area contributed by atoms with Gasteiger partial charge in [-0.25, -0.2) is 0 Å². The van der Waals surface area contributed by atoms with Crippen LogP contribution < -0.4 is 0 Å². The molecule has 0 saturated carbocycles. The van der Waals surface area contributed by atoms with E-state index < -0.39 is 0 Å². The van der Waals surface area contributed by atoms with Crippen LogP contribution in [0.3, 0.4) is 0 Å². The molecule has 0 amide bonds. The lowest BCUT2D eigenvalue weighted by atomic mass is 10.3. The van der Waals surface area contributed by atoms with E-state index in [4.69, 9.17) is 0 Å². The van der Waals surface area contributed by atoms with E-state index in [0.717, 1.165) is 15.5 Å². The van der Waals surface area contributed by atoms with Gasteiger partial charge in [0.1, 0.15) is 11.0 Å². The van der Waals surface area contributed by atoms with E-state index in [1.54, 1.807) is 12.4 Å². The molecule has 0 spiro atoms. The van der Waals surface area contributed by atoms with E-state index >= 15 is 0 Å². The molecule has 0 fully saturated rings. The lowest BCUT2D eigenvalue weighted by Gasteiger charge is -1.94. The molecule has 2 heterocycles. The Balaban J connectivity index is 2.91. The van der Waals surface area contributed by atoms with E-state index in [1.165, 1.54) is 0 Å². The second kappa shape index (κ2) is 2.54. The first-order chi connectivity index (χ1) is 5.38. The van der Waals surface area contributed by atoms with Crippen LogP contribution in [0.1, 0.15) is 0 Å². The van der Waals surface area contributed by atoms with Crippen molar-refractivity contribution in [2.24, 2.45) is 0 Å². The highest BCUT2D eigenvalue weighted by molar-refractivity contribution is 9.10. The Morgan fingerprint density at radius 2 is 2.27 bits per heavy atom. The van der Waals surface area contributed by atoms with Crippen LogP contribution in [-0.4, -0.2) is 15.2 Å². The van der Waals surface area contributed by atoms with Crippen LogP contribution in [0.4, 0.5) is 0 Å². The molecule has 0 aliphatic carbocycles. The fraction of sp³-hybridized carbons (Fsp3) is 0. The number of hydrogen-bond donors (Lipinski definition) is 0. The summed E-state index contributed by atoms with van der Waals surface area (Å²) < 4.78 is 0.878. The van der Waals surface area contributed by atoms with E-state index in [2.05, 4.69) is 31.1 Å². The van der Waals surface area contributed by atoms with Crippen molar-refractivity contribution >= 4 is 27.0 Å². The number of aromatic nitrogens is 3. The van der Waals surface area contributed by atoms with Gasteiger partial charge in [0.25, 0.3) is 0 Å². The standard InChI is InChI=1S/C7H4BrN3/c8-5-4-10-11-6-2-1-3-9-7(5)6/h1-4H. The van der Waals surface area contributed by atoms with Gasteiger partial charge in [-0.05, 0) is 28.1 Å². The average molecular weight is 210 g/mol. The first-order valence-corrected chi connectivity index (χ1v) is 3.89. The summed E-state index contributed by atoms with van der Waals surface area (Å²) >= 11 is 3.33. The SMILES string of the molecule is Brc1cnnc2cccnc12. The number of pyridine rings is 1. The van der Waals surface area contributed by atoms with Crippen LogP contribution in [0.15, 0.2) is 29.0 Å². The van der Waals surface area contributed by atoms with Crippen LogP contribution in [0, 0.1) is 0 Å². The van der Waals surface area contributed by atoms with Gasteiger partial charge in [0.05, 0.1) is 10.7 Å². The van der Waals surface area contributed by atoms with Gasteiger partial charge in [0.15, 0.2) is 0 Å². The van der Waals surface area contributed by atoms with Gasteiger partial charge in [-0.3, -0.25) is 4.98 Å². The lowest BCUT2D eigenvalue weighted by Crippen LogP contribution is -1.85. The minimum absolute atomic E-state index is 0.807. The monoisotopic (exact) mass is 209 g/mol. The predicted octanol–water partition coefficient (Wildman–Crippen LogP) is 1.79. The Morgan fingerprint density at radius 1 is 1.36 bits per heavy atom. The topological polar surface area (TPSA) is 38.7 Å². The summed E-state index contributed by atoms with van der Waals surface area (Å²) in [4.78, 5) is 4.13. The zero-order chi connectivity index (χ0) is 7.68. The molecular formula is C7H4BrN3. The quantitative estimate of drug-likeness (QED) is 0.665. The van der Waals surface area contributed by atoms with E-state index in [9.17, 15) is 0 Å². The lowest BCUT2D eigenvalue weighted by molar-refractivity contribution is 1.06. The Morgan fingerprint density at radius 3 is 3.09 bits per heavy atom. The van der Waals surface area contributed by atoms with Gasteiger partial charge >= 0.3 is 0 Å². The third-order valence-corrected chi connectivity index (χ3v) is 1.93. The van der Waals surface area contributed by atoms with Crippen molar-refractivity contribution in [3.05, 3.63) is 29.0 Å². The third kappa shape index (κ3) is 1.09. The van der Waals surface area contributed by atoms with Crippen LogP contribution in [0.5, 0.6) is 0 Å². The molecule has 11 heavy (non-hydrogen) atoms. The van der Waals surface area contributed by atoms with Gasteiger partial charge in [-0.2, -0.15) is 5.10 Å². The maximum atomic E-state index is 4.13. The van der Waals surface area contributed by atoms with Gasteiger partial charge < -0.3 is 0 Å². The average Bonchev–Trinajstić information content (AvgIpc) is 2.06. The summed E-state index contributed by atoms with van der Waals surface area (Å²) in [5.41, 5.74) is 1.66. The third-order valence-electron chi connectivity index (χ3n) is 1.35. The highest BCUT2D eigenvalue weighted by atomic mass is 79.9. The van der Waals surface area contributed by atoms with Crippen LogP contribution in [0.25, 0.3) is 11.0 Å². The summed E-state index contributed by atoms with van der Waals surface area (Å²) in [5, 5.41) is 7.68. The fourth-order valence-corrected chi connectivity index (χ4v) is 1.26. The van der Waals surface area contributed by atoms with E-state index in [0.29, 0.717) is 0 Å². The molecule has 0 radical (unpaired) electrons. The Labute approximate surface area is 71.6 Å². The molecule has 0 saturated heterocycles. The normalized spacial score (nSPS) is 10.3. The molecule has 0 bridgehead atoms. The Bertz CT molecular complexity index is 383. The van der Waals surface area contributed by atoms with Crippen molar-refractivity contribution in [2.45, 2.75) is 0 Å². The summed E-state index contributed by atoms with van der Waals surface area (Å²) in [6, 6.07) is 3.71. The first-order valence-electron chi connectivity index (χ1n) is 3.10. The first kappa shape index (κ1) is 6.67. The van der Waals surface area contributed by atoms with Gasteiger partial charge in [-0.1, -0.05) is 0 Å². The summed E-state index contributed by atoms with van der Waals surface area (Å²) in [7, 11) is 0. The molecule has 0 aliphatic rings. The smallest absolute Gasteiger partial charge is 0.113 e. The molecule has 0 N–H and O–H groups in total. The Kier molecular flexibility index (Phi) is 1.54. The molecule has 0 unspecified atom stereocenters. The fourth-order valence-electron chi connectivity index (χ4n) is 0.864. The van der Waals surface area contributed by atoms with Crippen molar-refractivity contribution in [1.29, 1.82) is 0 Å². The molecule has 3 nitrogen and oxygen atoms in total. The molecule has 2 aromatic heterocycles.